The number of hydrogen-bond donors (Lipinski definition) is 0. The van der Waals surface area contributed by atoms with Crippen LogP contribution in [-0.2, 0) is 16.4 Å². The topological polar surface area (TPSA) is 54.5 Å². The van der Waals surface area contributed by atoms with Crippen molar-refractivity contribution in [3.63, 3.8) is 0 Å². The zero-order valence-corrected chi connectivity index (χ0v) is 13.3. The molecule has 0 saturated heterocycles. The Labute approximate surface area is 134 Å². The molecular weight excluding hydrogens is 322 g/mol. The van der Waals surface area contributed by atoms with Crippen LogP contribution in [0.15, 0.2) is 53.4 Å². The number of para-hydroxylation sites is 1. The number of sulfonamides is 1. The summed E-state index contributed by atoms with van der Waals surface area (Å²) in [6.45, 7) is 0.429. The predicted molar refractivity (Wildman–Crippen MR) is 85.9 cm³/mol. The molecule has 114 valence electrons. The summed E-state index contributed by atoms with van der Waals surface area (Å²) in [7, 11) is -3.71. The Morgan fingerprint density at radius 2 is 1.86 bits per heavy atom. The number of hydrogen-bond acceptors (Lipinski definition) is 3. The molecule has 0 amide bonds. The standard InChI is InChI=1S/C16H14ClNO3S/c17-16(19)13-6-3-8-14(11-13)22(20,21)18-10-4-7-12-5-1-2-9-15(12)18/h1-3,5-6,8-9,11H,4,7,10H2. The minimum absolute atomic E-state index is 0.0794. The third-order valence-electron chi connectivity index (χ3n) is 3.72. The quantitative estimate of drug-likeness (QED) is 0.809. The van der Waals surface area contributed by atoms with Crippen molar-refractivity contribution in [2.75, 3.05) is 10.8 Å². The average molecular weight is 336 g/mol. The van der Waals surface area contributed by atoms with E-state index in [2.05, 4.69) is 0 Å². The SMILES string of the molecule is O=C(Cl)c1cccc(S(=O)(=O)N2CCCc3ccccc32)c1. The predicted octanol–water partition coefficient (Wildman–Crippen LogP) is 3.21. The Bertz CT molecular complexity index is 833. The van der Waals surface area contributed by atoms with E-state index in [0.717, 1.165) is 18.4 Å². The number of anilines is 1. The summed E-state index contributed by atoms with van der Waals surface area (Å²) in [5.74, 6) is 0. The fraction of sp³-hybridized carbons (Fsp3) is 0.188. The van der Waals surface area contributed by atoms with Gasteiger partial charge in [-0.2, -0.15) is 0 Å². The van der Waals surface area contributed by atoms with Gasteiger partial charge >= 0.3 is 0 Å². The van der Waals surface area contributed by atoms with E-state index in [0.29, 0.717) is 12.2 Å². The van der Waals surface area contributed by atoms with Crippen LogP contribution in [0.4, 0.5) is 5.69 Å². The first kappa shape index (κ1) is 15.1. The molecule has 2 aromatic carbocycles. The monoisotopic (exact) mass is 335 g/mol. The van der Waals surface area contributed by atoms with Gasteiger partial charge in [-0.3, -0.25) is 9.10 Å². The molecule has 0 bridgehead atoms. The lowest BCUT2D eigenvalue weighted by Crippen LogP contribution is -2.35. The number of carbonyl (C=O) groups is 1. The number of rotatable bonds is 3. The minimum atomic E-state index is -3.71. The zero-order chi connectivity index (χ0) is 15.7. The third kappa shape index (κ3) is 2.62. The highest BCUT2D eigenvalue weighted by molar-refractivity contribution is 7.92. The summed E-state index contributed by atoms with van der Waals surface area (Å²) in [4.78, 5) is 11.3. The molecule has 3 rings (SSSR count). The highest BCUT2D eigenvalue weighted by atomic mass is 35.5. The molecule has 4 nitrogen and oxygen atoms in total. The maximum atomic E-state index is 12.9. The van der Waals surface area contributed by atoms with Gasteiger partial charge < -0.3 is 0 Å². The molecule has 0 spiro atoms. The van der Waals surface area contributed by atoms with Gasteiger partial charge in [-0.1, -0.05) is 30.3 Å². The van der Waals surface area contributed by atoms with E-state index >= 15 is 0 Å². The molecule has 0 saturated carbocycles. The lowest BCUT2D eigenvalue weighted by atomic mass is 10.0. The van der Waals surface area contributed by atoms with Gasteiger partial charge in [0.15, 0.2) is 0 Å². The summed E-state index contributed by atoms with van der Waals surface area (Å²) in [6.07, 6.45) is 1.63. The van der Waals surface area contributed by atoms with Crippen molar-refractivity contribution in [1.29, 1.82) is 0 Å². The Balaban J connectivity index is 2.08. The van der Waals surface area contributed by atoms with Gasteiger partial charge in [0.1, 0.15) is 0 Å². The fourth-order valence-electron chi connectivity index (χ4n) is 2.65. The summed E-state index contributed by atoms with van der Waals surface area (Å²) in [5.41, 5.74) is 1.89. The van der Waals surface area contributed by atoms with E-state index in [1.54, 1.807) is 0 Å². The second kappa shape index (κ2) is 5.74. The first-order valence-corrected chi connectivity index (χ1v) is 8.72. The van der Waals surface area contributed by atoms with Crippen LogP contribution in [0.25, 0.3) is 0 Å². The largest absolute Gasteiger partial charge is 0.276 e. The van der Waals surface area contributed by atoms with Crippen molar-refractivity contribution >= 4 is 32.6 Å². The second-order valence-electron chi connectivity index (χ2n) is 5.11. The van der Waals surface area contributed by atoms with Crippen molar-refractivity contribution in [1.82, 2.24) is 0 Å². The average Bonchev–Trinajstić information content (AvgIpc) is 2.54. The van der Waals surface area contributed by atoms with Gasteiger partial charge in [0.2, 0.25) is 0 Å². The van der Waals surface area contributed by atoms with Gasteiger partial charge in [0, 0.05) is 12.1 Å². The van der Waals surface area contributed by atoms with Crippen LogP contribution in [0.5, 0.6) is 0 Å². The van der Waals surface area contributed by atoms with E-state index in [9.17, 15) is 13.2 Å². The zero-order valence-electron chi connectivity index (χ0n) is 11.7. The first-order valence-electron chi connectivity index (χ1n) is 6.91. The molecule has 1 aliphatic rings. The van der Waals surface area contributed by atoms with E-state index in [1.165, 1.54) is 28.6 Å². The number of carbonyl (C=O) groups excluding carboxylic acids is 1. The number of halogens is 1. The van der Waals surface area contributed by atoms with Crippen molar-refractivity contribution < 1.29 is 13.2 Å². The molecular formula is C16H14ClNO3S. The molecule has 0 N–H and O–H groups in total. The van der Waals surface area contributed by atoms with Crippen LogP contribution in [-0.4, -0.2) is 20.2 Å². The number of benzene rings is 2. The van der Waals surface area contributed by atoms with E-state index in [4.69, 9.17) is 11.6 Å². The Morgan fingerprint density at radius 1 is 1.09 bits per heavy atom. The molecule has 2 aromatic rings. The normalized spacial score (nSPS) is 14.5. The van der Waals surface area contributed by atoms with Gasteiger partial charge in [-0.15, -0.1) is 0 Å². The molecule has 0 unspecified atom stereocenters. The molecule has 0 aliphatic carbocycles. The van der Waals surface area contributed by atoms with Crippen LogP contribution >= 0.6 is 11.6 Å². The highest BCUT2D eigenvalue weighted by Crippen LogP contribution is 2.31. The lowest BCUT2D eigenvalue weighted by molar-refractivity contribution is 0.108. The molecule has 0 atom stereocenters. The Morgan fingerprint density at radius 3 is 2.64 bits per heavy atom. The smallest absolute Gasteiger partial charge is 0.264 e. The third-order valence-corrected chi connectivity index (χ3v) is 5.74. The molecule has 0 fully saturated rings. The van der Waals surface area contributed by atoms with Crippen LogP contribution in [0, 0.1) is 0 Å². The van der Waals surface area contributed by atoms with E-state index in [1.807, 2.05) is 24.3 Å². The summed E-state index contributed by atoms with van der Waals surface area (Å²) < 4.78 is 27.2. The Hall–Kier alpha value is -1.85. The van der Waals surface area contributed by atoms with Crippen molar-refractivity contribution in [2.24, 2.45) is 0 Å². The summed E-state index contributed by atoms with van der Waals surface area (Å²) >= 11 is 5.44. The molecule has 22 heavy (non-hydrogen) atoms. The first-order chi connectivity index (χ1) is 10.5. The number of fused-ring (bicyclic) bond motifs is 1. The van der Waals surface area contributed by atoms with Crippen molar-refractivity contribution in [3.05, 3.63) is 59.7 Å². The van der Waals surface area contributed by atoms with E-state index in [-0.39, 0.29) is 10.5 Å². The second-order valence-corrected chi connectivity index (χ2v) is 7.32. The van der Waals surface area contributed by atoms with Crippen LogP contribution in [0.3, 0.4) is 0 Å². The van der Waals surface area contributed by atoms with Crippen LogP contribution in [0.1, 0.15) is 22.3 Å². The summed E-state index contributed by atoms with van der Waals surface area (Å²) in [5, 5.41) is -0.670. The number of aryl methyl sites for hydroxylation is 1. The van der Waals surface area contributed by atoms with Gasteiger partial charge in [-0.05, 0) is 48.2 Å². The van der Waals surface area contributed by atoms with Gasteiger partial charge in [0.05, 0.1) is 10.6 Å². The fourth-order valence-corrected chi connectivity index (χ4v) is 4.36. The van der Waals surface area contributed by atoms with Crippen LogP contribution in [0.2, 0.25) is 0 Å². The maximum Gasteiger partial charge on any atom is 0.264 e. The highest BCUT2D eigenvalue weighted by Gasteiger charge is 2.29. The van der Waals surface area contributed by atoms with Crippen LogP contribution < -0.4 is 4.31 Å². The molecule has 1 heterocycles. The molecule has 6 heteroatoms. The molecule has 0 aromatic heterocycles. The minimum Gasteiger partial charge on any atom is -0.276 e. The van der Waals surface area contributed by atoms with Crippen molar-refractivity contribution in [2.45, 2.75) is 17.7 Å². The molecule has 1 aliphatic heterocycles. The van der Waals surface area contributed by atoms with Gasteiger partial charge in [-0.25, -0.2) is 8.42 Å². The van der Waals surface area contributed by atoms with E-state index < -0.39 is 15.3 Å². The Kier molecular flexibility index (Phi) is 3.93. The lowest BCUT2D eigenvalue weighted by Gasteiger charge is -2.30. The van der Waals surface area contributed by atoms with Gasteiger partial charge in [0.25, 0.3) is 15.3 Å². The number of nitrogens with zero attached hydrogens (tertiary/aromatic N) is 1. The maximum absolute atomic E-state index is 12.9. The summed E-state index contributed by atoms with van der Waals surface area (Å²) in [6, 6.07) is 13.3. The van der Waals surface area contributed by atoms with Crippen molar-refractivity contribution in [3.8, 4) is 0 Å². The molecule has 0 radical (unpaired) electrons.